The van der Waals surface area contributed by atoms with Gasteiger partial charge in [-0.1, -0.05) is 44.2 Å². The summed E-state index contributed by atoms with van der Waals surface area (Å²) in [6.45, 7) is 3.94. The van der Waals surface area contributed by atoms with Crippen molar-refractivity contribution in [3.05, 3.63) is 35.9 Å². The number of hydrogen-bond acceptors (Lipinski definition) is 4. The minimum absolute atomic E-state index is 0.112. The summed E-state index contributed by atoms with van der Waals surface area (Å²) in [5, 5.41) is 9.73. The smallest absolute Gasteiger partial charge is 0.250 e. The van der Waals surface area contributed by atoms with Crippen LogP contribution >= 0.6 is 0 Å². The van der Waals surface area contributed by atoms with E-state index in [1.54, 1.807) is 4.68 Å². The Kier molecular flexibility index (Phi) is 4.10. The number of nitrogens with zero attached hydrogens (tertiary/aromatic N) is 3. The fourth-order valence-electron chi connectivity index (χ4n) is 2.60. The average Bonchev–Trinajstić information content (AvgIpc) is 2.88. The summed E-state index contributed by atoms with van der Waals surface area (Å²) < 4.78 is 1.65. The van der Waals surface area contributed by atoms with E-state index in [9.17, 15) is 9.59 Å². The van der Waals surface area contributed by atoms with Crippen LogP contribution in [0.4, 0.5) is 11.9 Å². The second-order valence-electron chi connectivity index (χ2n) is 6.03. The molecule has 1 aliphatic heterocycles. The van der Waals surface area contributed by atoms with Crippen molar-refractivity contribution in [2.24, 2.45) is 5.92 Å². The number of hydrogen-bond donors (Lipinski definition) is 2. The minimum Gasteiger partial charge on any atom is -0.295 e. The van der Waals surface area contributed by atoms with E-state index >= 15 is 0 Å². The lowest BCUT2D eigenvalue weighted by molar-refractivity contribution is -0.118. The summed E-state index contributed by atoms with van der Waals surface area (Å²) in [5.41, 5.74) is 0.980. The fourth-order valence-corrected chi connectivity index (χ4v) is 2.60. The zero-order chi connectivity index (χ0) is 16.4. The zero-order valence-corrected chi connectivity index (χ0v) is 13.1. The van der Waals surface area contributed by atoms with Crippen molar-refractivity contribution in [3.8, 4) is 0 Å². The first-order chi connectivity index (χ1) is 11.0. The molecule has 1 aromatic carbocycles. The summed E-state index contributed by atoms with van der Waals surface area (Å²) in [6, 6.07) is 9.44. The number of aromatic nitrogens is 3. The molecule has 2 aromatic rings. The largest absolute Gasteiger partial charge is 0.295 e. The number of carbonyl (C=O) groups excluding carboxylic acids is 2. The molecular formula is C16H19N5O2. The van der Waals surface area contributed by atoms with Crippen molar-refractivity contribution in [3.63, 3.8) is 0 Å². The Morgan fingerprint density at radius 1 is 1.39 bits per heavy atom. The van der Waals surface area contributed by atoms with Gasteiger partial charge in [0, 0.05) is 6.42 Å². The van der Waals surface area contributed by atoms with E-state index in [4.69, 9.17) is 0 Å². The predicted molar refractivity (Wildman–Crippen MR) is 85.9 cm³/mol. The van der Waals surface area contributed by atoms with Crippen molar-refractivity contribution in [2.75, 3.05) is 10.6 Å². The number of benzene rings is 1. The fraction of sp³-hybridized carbons (Fsp3) is 0.375. The monoisotopic (exact) mass is 313 g/mol. The van der Waals surface area contributed by atoms with E-state index in [0.717, 1.165) is 5.56 Å². The van der Waals surface area contributed by atoms with Crippen molar-refractivity contribution in [1.82, 2.24) is 14.8 Å². The maximum Gasteiger partial charge on any atom is 0.250 e. The molecule has 0 fully saturated rings. The number of fused-ring (bicyclic) bond motifs is 1. The highest BCUT2D eigenvalue weighted by molar-refractivity contribution is 5.92. The van der Waals surface area contributed by atoms with Gasteiger partial charge in [0.2, 0.25) is 17.8 Å². The molecule has 3 rings (SSSR count). The summed E-state index contributed by atoms with van der Waals surface area (Å²) in [4.78, 5) is 28.0. The van der Waals surface area contributed by atoms with Gasteiger partial charge in [0.25, 0.3) is 5.95 Å². The van der Waals surface area contributed by atoms with Crippen LogP contribution in [-0.2, 0) is 9.59 Å². The van der Waals surface area contributed by atoms with Crippen LogP contribution in [0.2, 0.25) is 0 Å². The standard InChI is InChI=1S/C16H19N5O2/c1-10(2)8-13(22)17-15-19-16-18-14(23)9-12(21(16)20-15)11-6-4-3-5-7-11/h3-7,10,12H,8-9H2,1-2H3,(H2,17,18,19,20,22,23)/t12-/m0/s1. The first-order valence-electron chi connectivity index (χ1n) is 7.64. The molecule has 2 amide bonds. The Labute approximate surface area is 134 Å². The van der Waals surface area contributed by atoms with Crippen LogP contribution in [-0.4, -0.2) is 26.6 Å². The quantitative estimate of drug-likeness (QED) is 0.905. The number of anilines is 2. The van der Waals surface area contributed by atoms with Crippen LogP contribution in [0, 0.1) is 5.92 Å². The van der Waals surface area contributed by atoms with Gasteiger partial charge in [0.05, 0.1) is 12.5 Å². The molecule has 0 saturated carbocycles. The average molecular weight is 313 g/mol. The molecule has 0 unspecified atom stereocenters. The molecule has 1 aliphatic rings. The zero-order valence-electron chi connectivity index (χ0n) is 13.1. The molecule has 1 atom stereocenters. The Morgan fingerprint density at radius 3 is 2.83 bits per heavy atom. The van der Waals surface area contributed by atoms with Crippen molar-refractivity contribution < 1.29 is 9.59 Å². The predicted octanol–water partition coefficient (Wildman–Crippen LogP) is 2.19. The molecule has 120 valence electrons. The molecule has 0 radical (unpaired) electrons. The highest BCUT2D eigenvalue weighted by atomic mass is 16.2. The van der Waals surface area contributed by atoms with Gasteiger partial charge in [-0.25, -0.2) is 4.68 Å². The van der Waals surface area contributed by atoms with Gasteiger partial charge in [-0.2, -0.15) is 4.98 Å². The lowest BCUT2D eigenvalue weighted by atomic mass is 10.0. The van der Waals surface area contributed by atoms with Gasteiger partial charge in [0.1, 0.15) is 0 Å². The minimum atomic E-state index is -0.219. The third-order valence-corrected chi connectivity index (χ3v) is 3.59. The first-order valence-corrected chi connectivity index (χ1v) is 7.64. The van der Waals surface area contributed by atoms with E-state index < -0.39 is 0 Å². The van der Waals surface area contributed by atoms with Gasteiger partial charge in [0.15, 0.2) is 0 Å². The second kappa shape index (κ2) is 6.20. The van der Waals surface area contributed by atoms with Gasteiger partial charge in [-0.05, 0) is 11.5 Å². The molecule has 23 heavy (non-hydrogen) atoms. The molecule has 7 nitrogen and oxygen atoms in total. The van der Waals surface area contributed by atoms with E-state index in [2.05, 4.69) is 20.7 Å². The lowest BCUT2D eigenvalue weighted by Crippen LogP contribution is -2.29. The van der Waals surface area contributed by atoms with Crippen LogP contribution < -0.4 is 10.6 Å². The Bertz CT molecular complexity index is 723. The van der Waals surface area contributed by atoms with Crippen LogP contribution in [0.1, 0.15) is 38.3 Å². The third-order valence-electron chi connectivity index (χ3n) is 3.59. The maximum atomic E-state index is 11.9. The Balaban J connectivity index is 1.87. The summed E-state index contributed by atoms with van der Waals surface area (Å²) >= 11 is 0. The van der Waals surface area contributed by atoms with E-state index in [0.29, 0.717) is 18.8 Å². The number of amides is 2. The lowest BCUT2D eigenvalue weighted by Gasteiger charge is -2.23. The first kappa shape index (κ1) is 15.2. The highest BCUT2D eigenvalue weighted by Gasteiger charge is 2.29. The van der Waals surface area contributed by atoms with Crippen LogP contribution in [0.3, 0.4) is 0 Å². The van der Waals surface area contributed by atoms with E-state index in [1.165, 1.54) is 0 Å². The second-order valence-corrected chi connectivity index (χ2v) is 6.03. The molecule has 0 bridgehead atoms. The molecule has 0 spiro atoms. The highest BCUT2D eigenvalue weighted by Crippen LogP contribution is 2.29. The SMILES string of the molecule is CC(C)CC(=O)Nc1nc2n(n1)[C@H](c1ccccc1)CC(=O)N2. The van der Waals surface area contributed by atoms with E-state index in [1.807, 2.05) is 44.2 Å². The van der Waals surface area contributed by atoms with Gasteiger partial charge >= 0.3 is 0 Å². The molecule has 1 aromatic heterocycles. The summed E-state index contributed by atoms with van der Waals surface area (Å²) in [6.07, 6.45) is 0.693. The Morgan fingerprint density at radius 2 is 2.13 bits per heavy atom. The molecule has 7 heteroatoms. The van der Waals surface area contributed by atoms with Crippen LogP contribution in [0.15, 0.2) is 30.3 Å². The summed E-state index contributed by atoms with van der Waals surface area (Å²) in [5.74, 6) is 0.581. The molecular weight excluding hydrogens is 294 g/mol. The van der Waals surface area contributed by atoms with Crippen LogP contribution in [0.25, 0.3) is 0 Å². The van der Waals surface area contributed by atoms with Crippen LogP contribution in [0.5, 0.6) is 0 Å². The normalized spacial score (nSPS) is 16.8. The van der Waals surface area contributed by atoms with Crippen molar-refractivity contribution >= 4 is 23.7 Å². The van der Waals surface area contributed by atoms with Gasteiger partial charge < -0.3 is 0 Å². The molecule has 0 saturated heterocycles. The van der Waals surface area contributed by atoms with Crippen molar-refractivity contribution in [1.29, 1.82) is 0 Å². The third kappa shape index (κ3) is 3.39. The Hall–Kier alpha value is -2.70. The summed E-state index contributed by atoms with van der Waals surface area (Å²) in [7, 11) is 0. The number of rotatable bonds is 4. The van der Waals surface area contributed by atoms with E-state index in [-0.39, 0.29) is 29.7 Å². The topological polar surface area (TPSA) is 88.9 Å². The molecule has 2 N–H and O–H groups in total. The molecule has 0 aliphatic carbocycles. The number of carbonyl (C=O) groups is 2. The van der Waals surface area contributed by atoms with Gasteiger partial charge in [-0.3, -0.25) is 20.2 Å². The van der Waals surface area contributed by atoms with Crippen molar-refractivity contribution in [2.45, 2.75) is 32.7 Å². The maximum absolute atomic E-state index is 11.9. The molecule has 2 heterocycles. The van der Waals surface area contributed by atoms with Gasteiger partial charge in [-0.15, -0.1) is 5.10 Å². The number of nitrogens with one attached hydrogen (secondary N) is 2.